The summed E-state index contributed by atoms with van der Waals surface area (Å²) >= 11 is 0. The van der Waals surface area contributed by atoms with Crippen LogP contribution in [-0.2, 0) is 6.42 Å². The van der Waals surface area contributed by atoms with E-state index in [0.29, 0.717) is 11.6 Å². The lowest BCUT2D eigenvalue weighted by Gasteiger charge is -2.35. The van der Waals surface area contributed by atoms with Crippen LogP contribution in [0.25, 0.3) is 0 Å². The molecular weight excluding hydrogens is 192 g/mol. The first-order chi connectivity index (χ1) is 7.24. The number of rotatable bonds is 3. The predicted octanol–water partition coefficient (Wildman–Crippen LogP) is 0.886. The summed E-state index contributed by atoms with van der Waals surface area (Å²) in [6, 6.07) is 2.08. The third-order valence-corrected chi connectivity index (χ3v) is 2.92. The lowest BCUT2D eigenvalue weighted by molar-refractivity contribution is 0.0679. The van der Waals surface area contributed by atoms with Gasteiger partial charge in [0.25, 0.3) is 5.91 Å². The molecule has 1 aromatic heterocycles. The van der Waals surface area contributed by atoms with E-state index in [4.69, 9.17) is 4.42 Å². The monoisotopic (exact) mass is 208 g/mol. The first-order valence-corrected chi connectivity index (χ1v) is 5.28. The fraction of sp³-hybridized carbons (Fsp3) is 0.545. The molecule has 0 radical (unpaired) electrons. The highest BCUT2D eigenvalue weighted by atomic mass is 16.3. The summed E-state index contributed by atoms with van der Waals surface area (Å²) in [5, 5.41) is 3.15. The van der Waals surface area contributed by atoms with Gasteiger partial charge in [0.1, 0.15) is 5.76 Å². The Balaban J connectivity index is 2.12. The van der Waals surface area contributed by atoms with Gasteiger partial charge in [-0.25, -0.2) is 0 Å². The molecule has 0 atom stereocenters. The molecule has 4 heteroatoms. The zero-order valence-electron chi connectivity index (χ0n) is 9.12. The molecule has 1 aromatic rings. The summed E-state index contributed by atoms with van der Waals surface area (Å²) in [6.07, 6.45) is 2.34. The first-order valence-electron chi connectivity index (χ1n) is 5.28. The Hall–Kier alpha value is -1.29. The summed E-state index contributed by atoms with van der Waals surface area (Å²) in [4.78, 5) is 13.9. The van der Waals surface area contributed by atoms with Crippen molar-refractivity contribution >= 4 is 5.91 Å². The highest BCUT2D eigenvalue weighted by Crippen LogP contribution is 2.15. The molecule has 1 N–H and O–H groups in total. The van der Waals surface area contributed by atoms with Crippen LogP contribution in [0.4, 0.5) is 0 Å². The maximum Gasteiger partial charge on any atom is 0.257 e. The Kier molecular flexibility index (Phi) is 2.77. The van der Waals surface area contributed by atoms with Gasteiger partial charge in [-0.1, -0.05) is 6.92 Å². The minimum absolute atomic E-state index is 0.0621. The summed E-state index contributed by atoms with van der Waals surface area (Å²) in [5.41, 5.74) is 0.701. The van der Waals surface area contributed by atoms with Crippen molar-refractivity contribution < 1.29 is 9.21 Å². The maximum atomic E-state index is 12.1. The Morgan fingerprint density at radius 1 is 1.67 bits per heavy atom. The number of nitrogens with one attached hydrogen (secondary N) is 1. The van der Waals surface area contributed by atoms with Crippen molar-refractivity contribution in [2.24, 2.45) is 0 Å². The van der Waals surface area contributed by atoms with E-state index in [0.717, 1.165) is 25.3 Å². The van der Waals surface area contributed by atoms with E-state index in [1.165, 1.54) is 0 Å². The van der Waals surface area contributed by atoms with Crippen LogP contribution in [0.2, 0.25) is 0 Å². The van der Waals surface area contributed by atoms with Crippen molar-refractivity contribution in [2.45, 2.75) is 19.4 Å². The fourth-order valence-corrected chi connectivity index (χ4v) is 1.71. The number of likely N-dealkylation sites (N-methyl/N-ethyl adjacent to an activating group) is 1. The minimum Gasteiger partial charge on any atom is -0.469 e. The Morgan fingerprint density at radius 3 is 2.93 bits per heavy atom. The van der Waals surface area contributed by atoms with Crippen molar-refractivity contribution in [3.8, 4) is 0 Å². The molecule has 1 fully saturated rings. The highest BCUT2D eigenvalue weighted by molar-refractivity contribution is 5.95. The van der Waals surface area contributed by atoms with Crippen molar-refractivity contribution in [1.29, 1.82) is 0 Å². The summed E-state index contributed by atoms with van der Waals surface area (Å²) in [7, 11) is 1.85. The van der Waals surface area contributed by atoms with Crippen LogP contribution in [0.5, 0.6) is 0 Å². The van der Waals surface area contributed by atoms with Crippen LogP contribution in [0.1, 0.15) is 23.0 Å². The van der Waals surface area contributed by atoms with Crippen LogP contribution in [0.3, 0.4) is 0 Å². The lowest BCUT2D eigenvalue weighted by atomic mass is 10.1. The Bertz CT molecular complexity index is 355. The summed E-state index contributed by atoms with van der Waals surface area (Å²) < 4.78 is 5.25. The third kappa shape index (κ3) is 1.77. The van der Waals surface area contributed by atoms with Crippen LogP contribution in [-0.4, -0.2) is 37.0 Å². The molecule has 0 aliphatic carbocycles. The van der Waals surface area contributed by atoms with Gasteiger partial charge in [-0.05, 0) is 6.07 Å². The van der Waals surface area contributed by atoms with Crippen molar-refractivity contribution in [3.05, 3.63) is 23.7 Å². The number of aryl methyl sites for hydroxylation is 1. The number of carbonyl (C=O) groups is 1. The largest absolute Gasteiger partial charge is 0.469 e. The first kappa shape index (κ1) is 10.2. The number of nitrogens with zero attached hydrogens (tertiary/aromatic N) is 1. The molecule has 4 nitrogen and oxygen atoms in total. The summed E-state index contributed by atoms with van der Waals surface area (Å²) in [5.74, 6) is 0.839. The second kappa shape index (κ2) is 4.06. The molecule has 1 aliphatic heterocycles. The zero-order valence-corrected chi connectivity index (χ0v) is 9.12. The van der Waals surface area contributed by atoms with Gasteiger partial charge in [-0.2, -0.15) is 0 Å². The van der Waals surface area contributed by atoms with Gasteiger partial charge in [-0.3, -0.25) is 4.79 Å². The van der Waals surface area contributed by atoms with Gasteiger partial charge in [0.15, 0.2) is 0 Å². The van der Waals surface area contributed by atoms with E-state index in [1.807, 2.05) is 14.0 Å². The van der Waals surface area contributed by atoms with Gasteiger partial charge in [0.2, 0.25) is 0 Å². The molecule has 1 amide bonds. The molecule has 0 unspecified atom stereocenters. The number of amides is 1. The number of hydrogen-bond donors (Lipinski definition) is 1. The molecular formula is C11H16N2O2. The Labute approximate surface area is 89.2 Å². The van der Waals surface area contributed by atoms with Crippen molar-refractivity contribution in [2.75, 3.05) is 20.1 Å². The van der Waals surface area contributed by atoms with E-state index in [2.05, 4.69) is 5.32 Å². The van der Waals surface area contributed by atoms with E-state index >= 15 is 0 Å². The molecule has 0 bridgehead atoms. The fourth-order valence-electron chi connectivity index (χ4n) is 1.71. The van der Waals surface area contributed by atoms with Crippen LogP contribution < -0.4 is 5.32 Å². The maximum absolute atomic E-state index is 12.1. The number of furan rings is 1. The molecule has 0 spiro atoms. The van der Waals surface area contributed by atoms with Crippen LogP contribution in [0.15, 0.2) is 16.7 Å². The average Bonchev–Trinajstić information content (AvgIpc) is 2.61. The second-order valence-corrected chi connectivity index (χ2v) is 3.84. The normalized spacial score (nSPS) is 16.1. The van der Waals surface area contributed by atoms with Crippen LogP contribution in [0, 0.1) is 0 Å². The quantitative estimate of drug-likeness (QED) is 0.802. The second-order valence-electron chi connectivity index (χ2n) is 3.84. The topological polar surface area (TPSA) is 45.5 Å². The molecule has 1 saturated heterocycles. The molecule has 15 heavy (non-hydrogen) atoms. The van der Waals surface area contributed by atoms with E-state index in [1.54, 1.807) is 17.2 Å². The number of hydrogen-bond acceptors (Lipinski definition) is 3. The van der Waals surface area contributed by atoms with Gasteiger partial charge in [0.05, 0.1) is 17.9 Å². The number of carbonyl (C=O) groups excluding carboxylic acids is 1. The van der Waals surface area contributed by atoms with Gasteiger partial charge in [-0.15, -0.1) is 0 Å². The lowest BCUT2D eigenvalue weighted by Crippen LogP contribution is -2.57. The molecule has 0 aromatic carbocycles. The van der Waals surface area contributed by atoms with E-state index in [9.17, 15) is 4.79 Å². The Morgan fingerprint density at radius 2 is 2.40 bits per heavy atom. The predicted molar refractivity (Wildman–Crippen MR) is 56.8 cm³/mol. The van der Waals surface area contributed by atoms with E-state index < -0.39 is 0 Å². The molecule has 1 aliphatic rings. The van der Waals surface area contributed by atoms with E-state index in [-0.39, 0.29) is 5.91 Å². The smallest absolute Gasteiger partial charge is 0.257 e. The van der Waals surface area contributed by atoms with Gasteiger partial charge < -0.3 is 14.6 Å². The molecule has 82 valence electrons. The minimum atomic E-state index is 0.0621. The summed E-state index contributed by atoms with van der Waals surface area (Å²) in [6.45, 7) is 3.77. The SMILES string of the molecule is CCc1occc1C(=O)N(C)C1CNC1. The van der Waals surface area contributed by atoms with Crippen molar-refractivity contribution in [3.63, 3.8) is 0 Å². The average molecular weight is 208 g/mol. The molecule has 2 rings (SSSR count). The standard InChI is InChI=1S/C11H16N2O2/c1-3-10-9(4-5-15-10)11(14)13(2)8-6-12-7-8/h4-5,8,12H,3,6-7H2,1-2H3. The molecule has 2 heterocycles. The van der Waals surface area contributed by atoms with Gasteiger partial charge >= 0.3 is 0 Å². The highest BCUT2D eigenvalue weighted by Gasteiger charge is 2.27. The zero-order chi connectivity index (χ0) is 10.8. The third-order valence-electron chi connectivity index (χ3n) is 2.92. The molecule has 0 saturated carbocycles. The van der Waals surface area contributed by atoms with Crippen molar-refractivity contribution in [1.82, 2.24) is 10.2 Å². The van der Waals surface area contributed by atoms with Gasteiger partial charge in [0, 0.05) is 26.6 Å². The van der Waals surface area contributed by atoms with Crippen LogP contribution >= 0.6 is 0 Å².